The number of amides is 3. The molecule has 1 heterocycles. The summed E-state index contributed by atoms with van der Waals surface area (Å²) in [6.45, 7) is 1.28. The SMILES string of the molecule is O=C(NCCC(=O)N1CCCC2CCCC=C21)NC12CC3CC(CC(C3)C1)C2. The van der Waals surface area contributed by atoms with Gasteiger partial charge in [-0.3, -0.25) is 4.79 Å². The predicted octanol–water partition coefficient (Wildman–Crippen LogP) is 3.95. The predicted molar refractivity (Wildman–Crippen MR) is 108 cm³/mol. The highest BCUT2D eigenvalue weighted by Crippen LogP contribution is 2.55. The number of hydrogen-bond acceptors (Lipinski definition) is 2. The molecule has 1 unspecified atom stereocenters. The average molecular weight is 386 g/mol. The zero-order valence-corrected chi connectivity index (χ0v) is 17.0. The van der Waals surface area contributed by atoms with Crippen LogP contribution >= 0.6 is 0 Å². The molecule has 0 aromatic carbocycles. The lowest BCUT2D eigenvalue weighted by atomic mass is 9.53. The van der Waals surface area contributed by atoms with Crippen molar-refractivity contribution in [3.8, 4) is 0 Å². The van der Waals surface area contributed by atoms with E-state index in [1.165, 1.54) is 44.2 Å². The molecular formula is C23H35N3O2. The largest absolute Gasteiger partial charge is 0.338 e. The first-order valence-corrected chi connectivity index (χ1v) is 11.7. The van der Waals surface area contributed by atoms with Crippen LogP contribution in [0.25, 0.3) is 0 Å². The van der Waals surface area contributed by atoms with E-state index in [1.807, 2.05) is 4.90 Å². The minimum atomic E-state index is -0.0665. The second kappa shape index (κ2) is 7.38. The molecule has 2 N–H and O–H groups in total. The molecule has 6 aliphatic rings. The monoisotopic (exact) mass is 385 g/mol. The summed E-state index contributed by atoms with van der Waals surface area (Å²) in [5, 5.41) is 6.32. The first kappa shape index (κ1) is 18.5. The zero-order valence-electron chi connectivity index (χ0n) is 17.0. The molecule has 0 radical (unpaired) electrons. The normalized spacial score (nSPS) is 38.6. The fourth-order valence-electron chi connectivity index (χ4n) is 7.41. The second-order valence-corrected chi connectivity index (χ2v) is 10.3. The van der Waals surface area contributed by atoms with Gasteiger partial charge in [0.05, 0.1) is 0 Å². The maximum atomic E-state index is 12.8. The molecule has 0 aromatic rings. The van der Waals surface area contributed by atoms with Gasteiger partial charge in [-0.05, 0) is 94.3 Å². The van der Waals surface area contributed by atoms with Gasteiger partial charge in [-0.2, -0.15) is 0 Å². The molecule has 4 bridgehead atoms. The van der Waals surface area contributed by atoms with E-state index in [9.17, 15) is 9.59 Å². The van der Waals surface area contributed by atoms with Crippen LogP contribution in [0, 0.1) is 23.7 Å². The van der Waals surface area contributed by atoms with E-state index in [0.29, 0.717) is 18.9 Å². The van der Waals surface area contributed by atoms with Crippen molar-refractivity contribution in [2.24, 2.45) is 23.7 Å². The van der Waals surface area contributed by atoms with Crippen LogP contribution in [0.2, 0.25) is 0 Å². The molecule has 28 heavy (non-hydrogen) atoms. The van der Waals surface area contributed by atoms with Gasteiger partial charge in [-0.1, -0.05) is 6.08 Å². The maximum absolute atomic E-state index is 12.8. The van der Waals surface area contributed by atoms with E-state index >= 15 is 0 Å². The van der Waals surface area contributed by atoms with E-state index in [4.69, 9.17) is 0 Å². The lowest BCUT2D eigenvalue weighted by Crippen LogP contribution is -2.61. The highest BCUT2D eigenvalue weighted by atomic mass is 16.2. The van der Waals surface area contributed by atoms with Crippen molar-refractivity contribution in [3.05, 3.63) is 11.8 Å². The molecule has 1 saturated heterocycles. The van der Waals surface area contributed by atoms with Crippen LogP contribution in [-0.2, 0) is 4.79 Å². The Morgan fingerprint density at radius 2 is 1.71 bits per heavy atom. The molecule has 3 amide bonds. The van der Waals surface area contributed by atoms with E-state index < -0.39 is 0 Å². The van der Waals surface area contributed by atoms with Gasteiger partial charge in [0.25, 0.3) is 0 Å². The smallest absolute Gasteiger partial charge is 0.315 e. The van der Waals surface area contributed by atoms with Crippen LogP contribution in [0.1, 0.15) is 77.0 Å². The number of urea groups is 1. The van der Waals surface area contributed by atoms with Gasteiger partial charge in [0, 0.05) is 30.7 Å². The standard InChI is InChI=1S/C23H35N3O2/c27-21(26-9-3-5-19-4-1-2-6-20(19)26)7-8-24-22(28)25-23-13-16-10-17(14-23)12-18(11-16)15-23/h6,16-19H,1-5,7-15H2,(H2,24,25,28). The van der Waals surface area contributed by atoms with Crippen LogP contribution in [0.3, 0.4) is 0 Å². The van der Waals surface area contributed by atoms with Crippen LogP contribution in [0.4, 0.5) is 4.79 Å². The lowest BCUT2D eigenvalue weighted by molar-refractivity contribution is -0.130. The van der Waals surface area contributed by atoms with E-state index in [1.54, 1.807) is 0 Å². The third-order valence-corrected chi connectivity index (χ3v) is 8.12. The van der Waals surface area contributed by atoms with E-state index in [-0.39, 0.29) is 17.5 Å². The zero-order chi connectivity index (χ0) is 19.1. The summed E-state index contributed by atoms with van der Waals surface area (Å²) in [5.74, 6) is 3.23. The maximum Gasteiger partial charge on any atom is 0.315 e. The van der Waals surface area contributed by atoms with Crippen molar-refractivity contribution < 1.29 is 9.59 Å². The molecular weight excluding hydrogens is 350 g/mol. The number of piperidine rings is 1. The number of carbonyl (C=O) groups is 2. The molecule has 5 heteroatoms. The Morgan fingerprint density at radius 3 is 2.43 bits per heavy atom. The van der Waals surface area contributed by atoms with Crippen molar-refractivity contribution in [2.45, 2.75) is 82.6 Å². The summed E-state index contributed by atoms with van der Waals surface area (Å²) in [5.41, 5.74) is 1.30. The Hall–Kier alpha value is -1.52. The van der Waals surface area contributed by atoms with Crippen LogP contribution in [0.15, 0.2) is 11.8 Å². The Bertz CT molecular complexity index is 635. The van der Waals surface area contributed by atoms with Gasteiger partial charge in [0.2, 0.25) is 5.91 Å². The number of carbonyl (C=O) groups excluding carboxylic acids is 2. The summed E-state index contributed by atoms with van der Waals surface area (Å²) in [7, 11) is 0. The van der Waals surface area contributed by atoms with Gasteiger partial charge in [-0.25, -0.2) is 4.79 Å². The minimum absolute atomic E-state index is 0.0375. The second-order valence-electron chi connectivity index (χ2n) is 10.3. The molecule has 4 saturated carbocycles. The van der Waals surface area contributed by atoms with Gasteiger partial charge >= 0.3 is 6.03 Å². The van der Waals surface area contributed by atoms with Gasteiger partial charge in [0.1, 0.15) is 0 Å². The minimum Gasteiger partial charge on any atom is -0.338 e. The first-order valence-electron chi connectivity index (χ1n) is 11.7. The molecule has 0 aromatic heterocycles. The van der Waals surface area contributed by atoms with Crippen LogP contribution < -0.4 is 10.6 Å². The van der Waals surface area contributed by atoms with Gasteiger partial charge in [-0.15, -0.1) is 0 Å². The topological polar surface area (TPSA) is 61.4 Å². The lowest BCUT2D eigenvalue weighted by Gasteiger charge is -2.56. The van der Waals surface area contributed by atoms with Crippen molar-refractivity contribution in [3.63, 3.8) is 0 Å². The van der Waals surface area contributed by atoms with Crippen molar-refractivity contribution in [2.75, 3.05) is 13.1 Å². The third kappa shape index (κ3) is 3.57. The van der Waals surface area contributed by atoms with Crippen LogP contribution in [-0.4, -0.2) is 35.5 Å². The molecule has 5 aliphatic carbocycles. The molecule has 1 atom stereocenters. The van der Waals surface area contributed by atoms with Gasteiger partial charge < -0.3 is 15.5 Å². The summed E-state index contributed by atoms with van der Waals surface area (Å²) in [4.78, 5) is 27.3. The number of fused-ring (bicyclic) bond motifs is 1. The quantitative estimate of drug-likeness (QED) is 0.770. The van der Waals surface area contributed by atoms with Crippen LogP contribution in [0.5, 0.6) is 0 Å². The summed E-state index contributed by atoms with van der Waals surface area (Å²) < 4.78 is 0. The number of nitrogens with zero attached hydrogens (tertiary/aromatic N) is 1. The fourth-order valence-corrected chi connectivity index (χ4v) is 7.41. The Morgan fingerprint density at radius 1 is 1.04 bits per heavy atom. The number of nitrogens with one attached hydrogen (secondary N) is 2. The number of hydrogen-bond donors (Lipinski definition) is 2. The molecule has 5 fully saturated rings. The van der Waals surface area contributed by atoms with Crippen molar-refractivity contribution in [1.29, 1.82) is 0 Å². The first-order chi connectivity index (χ1) is 13.6. The molecule has 0 spiro atoms. The molecule has 6 rings (SSSR count). The fraction of sp³-hybridized carbons (Fsp3) is 0.826. The number of rotatable bonds is 4. The van der Waals surface area contributed by atoms with E-state index in [0.717, 1.165) is 56.4 Å². The summed E-state index contributed by atoms with van der Waals surface area (Å²) >= 11 is 0. The Balaban J connectivity index is 1.11. The molecule has 5 nitrogen and oxygen atoms in total. The number of allylic oxidation sites excluding steroid dienone is 2. The van der Waals surface area contributed by atoms with Crippen molar-refractivity contribution in [1.82, 2.24) is 15.5 Å². The van der Waals surface area contributed by atoms with Gasteiger partial charge in [0.15, 0.2) is 0 Å². The average Bonchev–Trinajstić information content (AvgIpc) is 2.66. The third-order valence-electron chi connectivity index (χ3n) is 8.12. The number of likely N-dealkylation sites (tertiary alicyclic amines) is 1. The Kier molecular flexibility index (Phi) is 4.88. The summed E-state index contributed by atoms with van der Waals surface area (Å²) in [6, 6.07) is -0.0665. The molecule has 1 aliphatic heterocycles. The highest BCUT2D eigenvalue weighted by molar-refractivity contribution is 5.80. The van der Waals surface area contributed by atoms with E-state index in [2.05, 4.69) is 16.7 Å². The Labute approximate surface area is 168 Å². The molecule has 154 valence electrons. The highest BCUT2D eigenvalue weighted by Gasteiger charge is 2.51. The summed E-state index contributed by atoms with van der Waals surface area (Å²) in [6.07, 6.45) is 16.2. The van der Waals surface area contributed by atoms with Crippen molar-refractivity contribution >= 4 is 11.9 Å².